The first-order valence-corrected chi connectivity index (χ1v) is 10.2. The molecule has 1 aliphatic heterocycles. The average molecular weight is 446 g/mol. The van der Waals surface area contributed by atoms with E-state index in [0.717, 1.165) is 43.9 Å². The first-order chi connectivity index (χ1) is 13.8. The van der Waals surface area contributed by atoms with E-state index in [0.29, 0.717) is 16.8 Å². The Labute approximate surface area is 181 Å². The molecule has 1 atom stereocenters. The Morgan fingerprint density at radius 1 is 1.24 bits per heavy atom. The van der Waals surface area contributed by atoms with E-state index in [4.69, 9.17) is 28.6 Å². The largest absolute Gasteiger partial charge is 0.469 e. The van der Waals surface area contributed by atoms with Gasteiger partial charge in [0.25, 0.3) is 0 Å². The van der Waals surface area contributed by atoms with Gasteiger partial charge in [-0.15, -0.1) is 0 Å². The number of thiocarbonyl (C=S) groups is 1. The molecule has 0 radical (unpaired) electrons. The quantitative estimate of drug-likeness (QED) is 0.506. The molecule has 9 nitrogen and oxygen atoms in total. The van der Waals surface area contributed by atoms with Gasteiger partial charge in [0, 0.05) is 45.3 Å². The molecule has 0 amide bonds. The minimum absolute atomic E-state index is 0.151. The Balaban J connectivity index is 1.95. The number of nitrogens with one attached hydrogen (secondary N) is 1. The second-order valence-electron chi connectivity index (χ2n) is 6.90. The number of hydrogen-bond acceptors (Lipinski definition) is 7. The summed E-state index contributed by atoms with van der Waals surface area (Å²) in [4.78, 5) is 27.9. The molecule has 1 N–H and O–H groups in total. The number of esters is 2. The van der Waals surface area contributed by atoms with Crippen molar-refractivity contribution in [3.63, 3.8) is 0 Å². The predicted molar refractivity (Wildman–Crippen MR) is 113 cm³/mol. The molecule has 0 spiro atoms. The van der Waals surface area contributed by atoms with Gasteiger partial charge in [-0.25, -0.2) is 4.79 Å². The van der Waals surface area contributed by atoms with Crippen molar-refractivity contribution in [2.75, 3.05) is 40.4 Å². The normalized spacial score (nSPS) is 16.1. The number of ether oxygens (including phenoxy) is 2. The SMILES string of the molecule is COC(=O)CC(NC(=S)N1CCCN(Cc2c(C)nn(C)c2Cl)CC1)C(=O)OC. The van der Waals surface area contributed by atoms with Crippen LogP contribution in [0.1, 0.15) is 24.1 Å². The van der Waals surface area contributed by atoms with Crippen molar-refractivity contribution >= 4 is 40.9 Å². The standard InChI is InChI=1S/C18H28ClN5O4S/c1-12-13(16(19)22(2)21-12)11-23-6-5-7-24(9-8-23)18(29)20-14(17(26)28-4)10-15(25)27-3/h14H,5-11H2,1-4H3,(H,20,29). The van der Waals surface area contributed by atoms with Gasteiger partial charge in [0.15, 0.2) is 5.11 Å². The summed E-state index contributed by atoms with van der Waals surface area (Å²) >= 11 is 11.8. The fourth-order valence-electron chi connectivity index (χ4n) is 3.24. The van der Waals surface area contributed by atoms with Crippen molar-refractivity contribution in [2.24, 2.45) is 7.05 Å². The van der Waals surface area contributed by atoms with Gasteiger partial charge in [-0.3, -0.25) is 14.4 Å². The van der Waals surface area contributed by atoms with Crippen LogP contribution in [-0.2, 0) is 32.7 Å². The van der Waals surface area contributed by atoms with Gasteiger partial charge in [-0.2, -0.15) is 5.10 Å². The summed E-state index contributed by atoms with van der Waals surface area (Å²) in [5, 5.41) is 8.39. The second-order valence-corrected chi connectivity index (χ2v) is 7.65. The summed E-state index contributed by atoms with van der Waals surface area (Å²) in [7, 11) is 4.38. The van der Waals surface area contributed by atoms with Crippen molar-refractivity contribution in [1.82, 2.24) is 24.9 Å². The summed E-state index contributed by atoms with van der Waals surface area (Å²) < 4.78 is 11.1. The number of rotatable bonds is 6. The molecule has 0 saturated carbocycles. The third-order valence-electron chi connectivity index (χ3n) is 4.91. The maximum atomic E-state index is 12.0. The number of halogens is 1. The molecule has 11 heteroatoms. The van der Waals surface area contributed by atoms with Crippen LogP contribution < -0.4 is 5.32 Å². The number of carbonyl (C=O) groups excluding carboxylic acids is 2. The van der Waals surface area contributed by atoms with E-state index in [2.05, 4.69) is 20.1 Å². The van der Waals surface area contributed by atoms with Gasteiger partial charge in [0.05, 0.1) is 26.3 Å². The lowest BCUT2D eigenvalue weighted by atomic mass is 10.2. The molecule has 162 valence electrons. The van der Waals surface area contributed by atoms with Crippen molar-refractivity contribution in [1.29, 1.82) is 0 Å². The Hall–Kier alpha value is -1.91. The van der Waals surface area contributed by atoms with Crippen LogP contribution >= 0.6 is 23.8 Å². The molecule has 2 heterocycles. The highest BCUT2D eigenvalue weighted by Crippen LogP contribution is 2.21. The number of aryl methyl sites for hydroxylation is 2. The summed E-state index contributed by atoms with van der Waals surface area (Å²) in [6.45, 7) is 5.79. The van der Waals surface area contributed by atoms with E-state index >= 15 is 0 Å². The van der Waals surface area contributed by atoms with E-state index in [1.165, 1.54) is 14.2 Å². The van der Waals surface area contributed by atoms with Crippen LogP contribution in [-0.4, -0.2) is 83.1 Å². The minimum atomic E-state index is -0.879. The first-order valence-electron chi connectivity index (χ1n) is 9.37. The molecule has 2 rings (SSSR count). The van der Waals surface area contributed by atoms with Gasteiger partial charge in [0.1, 0.15) is 11.2 Å². The lowest BCUT2D eigenvalue weighted by Crippen LogP contribution is -2.49. The zero-order valence-electron chi connectivity index (χ0n) is 17.2. The lowest BCUT2D eigenvalue weighted by molar-refractivity contribution is -0.149. The zero-order valence-corrected chi connectivity index (χ0v) is 18.8. The molecule has 0 aromatic carbocycles. The monoisotopic (exact) mass is 445 g/mol. The van der Waals surface area contributed by atoms with E-state index in [9.17, 15) is 9.59 Å². The molecule has 1 unspecified atom stereocenters. The van der Waals surface area contributed by atoms with E-state index < -0.39 is 18.0 Å². The van der Waals surface area contributed by atoms with Crippen LogP contribution in [0.15, 0.2) is 0 Å². The molecular weight excluding hydrogens is 418 g/mol. The maximum Gasteiger partial charge on any atom is 0.328 e. The Morgan fingerprint density at radius 2 is 1.97 bits per heavy atom. The van der Waals surface area contributed by atoms with Crippen LogP contribution in [0.4, 0.5) is 0 Å². The molecule has 1 aromatic heterocycles. The van der Waals surface area contributed by atoms with Crippen molar-refractivity contribution in [3.8, 4) is 0 Å². The number of methoxy groups -OCH3 is 2. The molecule has 0 aliphatic carbocycles. The molecule has 1 saturated heterocycles. The van der Waals surface area contributed by atoms with Crippen LogP contribution in [0.3, 0.4) is 0 Å². The van der Waals surface area contributed by atoms with Crippen LogP contribution in [0, 0.1) is 6.92 Å². The summed E-state index contributed by atoms with van der Waals surface area (Å²) in [5.74, 6) is -1.07. The third kappa shape index (κ3) is 6.28. The first kappa shape index (κ1) is 23.4. The zero-order chi connectivity index (χ0) is 21.6. The molecule has 1 fully saturated rings. The highest BCUT2D eigenvalue weighted by Gasteiger charge is 2.26. The van der Waals surface area contributed by atoms with E-state index in [1.807, 2.05) is 18.9 Å². The number of carbonyl (C=O) groups is 2. The third-order valence-corrected chi connectivity index (χ3v) is 5.76. The van der Waals surface area contributed by atoms with Gasteiger partial charge in [0.2, 0.25) is 0 Å². The fourth-order valence-corrected chi connectivity index (χ4v) is 3.79. The molecule has 1 aliphatic rings. The summed E-state index contributed by atoms with van der Waals surface area (Å²) in [6.07, 6.45) is 0.751. The summed E-state index contributed by atoms with van der Waals surface area (Å²) in [5.41, 5.74) is 1.96. The van der Waals surface area contributed by atoms with Gasteiger partial charge >= 0.3 is 11.9 Å². The molecular formula is C18H28ClN5O4S. The second kappa shape index (κ2) is 10.7. The highest BCUT2D eigenvalue weighted by molar-refractivity contribution is 7.80. The molecule has 1 aromatic rings. The van der Waals surface area contributed by atoms with E-state index in [1.54, 1.807) is 4.68 Å². The fraction of sp³-hybridized carbons (Fsp3) is 0.667. The number of hydrogen-bond donors (Lipinski definition) is 1. The number of nitrogens with zero attached hydrogens (tertiary/aromatic N) is 4. The van der Waals surface area contributed by atoms with E-state index in [-0.39, 0.29) is 6.42 Å². The topological polar surface area (TPSA) is 88.9 Å². The van der Waals surface area contributed by atoms with Gasteiger partial charge in [-0.05, 0) is 25.6 Å². The van der Waals surface area contributed by atoms with Crippen molar-refractivity contribution < 1.29 is 19.1 Å². The molecule has 29 heavy (non-hydrogen) atoms. The Morgan fingerprint density at radius 3 is 2.55 bits per heavy atom. The van der Waals surface area contributed by atoms with Gasteiger partial charge < -0.3 is 19.7 Å². The smallest absolute Gasteiger partial charge is 0.328 e. The van der Waals surface area contributed by atoms with Gasteiger partial charge in [-0.1, -0.05) is 11.6 Å². The molecule has 0 bridgehead atoms. The van der Waals surface area contributed by atoms with Crippen molar-refractivity contribution in [3.05, 3.63) is 16.4 Å². The summed E-state index contributed by atoms with van der Waals surface area (Å²) in [6, 6.07) is -0.879. The average Bonchev–Trinajstić information content (AvgIpc) is 2.87. The Kier molecular flexibility index (Phi) is 8.66. The lowest BCUT2D eigenvalue weighted by Gasteiger charge is -2.27. The van der Waals surface area contributed by atoms with Crippen LogP contribution in [0.25, 0.3) is 0 Å². The minimum Gasteiger partial charge on any atom is -0.469 e. The highest BCUT2D eigenvalue weighted by atomic mass is 35.5. The predicted octanol–water partition coefficient (Wildman–Crippen LogP) is 0.869. The van der Waals surface area contributed by atoms with Crippen LogP contribution in [0.5, 0.6) is 0 Å². The van der Waals surface area contributed by atoms with Crippen LogP contribution in [0.2, 0.25) is 5.15 Å². The Bertz CT molecular complexity index is 757. The number of aromatic nitrogens is 2. The maximum absolute atomic E-state index is 12.0. The van der Waals surface area contributed by atoms with Crippen molar-refractivity contribution in [2.45, 2.75) is 32.4 Å².